The lowest BCUT2D eigenvalue weighted by Crippen LogP contribution is -2.13. The summed E-state index contributed by atoms with van der Waals surface area (Å²) in [4.78, 5) is 0. The van der Waals surface area contributed by atoms with E-state index in [1.165, 1.54) is 6.42 Å². The Morgan fingerprint density at radius 2 is 2.40 bits per heavy atom. The molecule has 0 unspecified atom stereocenters. The molecule has 1 heterocycles. The van der Waals surface area contributed by atoms with Gasteiger partial charge in [0.15, 0.2) is 0 Å². The van der Waals surface area contributed by atoms with Crippen LogP contribution in [0.25, 0.3) is 0 Å². The van der Waals surface area contributed by atoms with Crippen molar-refractivity contribution in [1.29, 1.82) is 0 Å². The van der Waals surface area contributed by atoms with E-state index in [4.69, 9.17) is 16.3 Å². The predicted octanol–water partition coefficient (Wildman–Crippen LogP) is 2.47. The van der Waals surface area contributed by atoms with Crippen LogP contribution in [-0.4, -0.2) is 19.7 Å². The molecule has 3 heteroatoms. The summed E-state index contributed by atoms with van der Waals surface area (Å²) in [6, 6.07) is 7.83. The number of rotatable bonds is 4. The van der Waals surface area contributed by atoms with Crippen LogP contribution in [0, 0.1) is 5.92 Å². The molecule has 1 N–H and O–H groups in total. The third-order valence-electron chi connectivity index (χ3n) is 2.67. The average molecular weight is 226 g/mol. The molecule has 0 amide bonds. The summed E-state index contributed by atoms with van der Waals surface area (Å²) >= 11 is 5.89. The van der Waals surface area contributed by atoms with Gasteiger partial charge in [-0.2, -0.15) is 0 Å². The number of ether oxygens (including phenoxy) is 1. The highest BCUT2D eigenvalue weighted by Crippen LogP contribution is 2.13. The third kappa shape index (κ3) is 3.49. The Balaban J connectivity index is 1.73. The van der Waals surface area contributed by atoms with Crippen molar-refractivity contribution in [3.05, 3.63) is 34.9 Å². The van der Waals surface area contributed by atoms with Gasteiger partial charge in [0.1, 0.15) is 0 Å². The van der Waals surface area contributed by atoms with Crippen molar-refractivity contribution in [1.82, 2.24) is 5.32 Å². The molecule has 0 saturated carbocycles. The summed E-state index contributed by atoms with van der Waals surface area (Å²) in [5, 5.41) is 4.11. The molecular formula is C12H16ClNO. The fourth-order valence-corrected chi connectivity index (χ4v) is 2.04. The second-order valence-electron chi connectivity index (χ2n) is 4.00. The monoisotopic (exact) mass is 225 g/mol. The SMILES string of the molecule is Clc1cccc(COC[C@@H]2CCNC2)c1. The molecule has 1 fully saturated rings. The first-order valence-corrected chi connectivity index (χ1v) is 5.75. The molecule has 0 aliphatic carbocycles. The van der Waals surface area contributed by atoms with Crippen molar-refractivity contribution >= 4 is 11.6 Å². The van der Waals surface area contributed by atoms with Crippen molar-refractivity contribution in [2.45, 2.75) is 13.0 Å². The fraction of sp³-hybridized carbons (Fsp3) is 0.500. The zero-order chi connectivity index (χ0) is 10.5. The van der Waals surface area contributed by atoms with Gasteiger partial charge in [-0.05, 0) is 36.6 Å². The summed E-state index contributed by atoms with van der Waals surface area (Å²) in [6.45, 7) is 3.73. The topological polar surface area (TPSA) is 21.3 Å². The molecule has 1 aromatic carbocycles. The van der Waals surface area contributed by atoms with Crippen molar-refractivity contribution in [2.24, 2.45) is 5.92 Å². The highest BCUT2D eigenvalue weighted by atomic mass is 35.5. The zero-order valence-corrected chi connectivity index (χ0v) is 9.46. The van der Waals surface area contributed by atoms with Gasteiger partial charge in [0, 0.05) is 11.6 Å². The van der Waals surface area contributed by atoms with Crippen LogP contribution < -0.4 is 5.32 Å². The standard InChI is InChI=1S/C12H16ClNO/c13-12-3-1-2-10(6-12)8-15-9-11-4-5-14-7-11/h1-3,6,11,14H,4-5,7-9H2/t11-/m1/s1. The van der Waals surface area contributed by atoms with Gasteiger partial charge in [0.2, 0.25) is 0 Å². The van der Waals surface area contributed by atoms with E-state index in [2.05, 4.69) is 5.32 Å². The summed E-state index contributed by atoms with van der Waals surface area (Å²) in [5.74, 6) is 0.684. The van der Waals surface area contributed by atoms with E-state index in [0.717, 1.165) is 30.3 Å². The molecule has 2 nitrogen and oxygen atoms in total. The van der Waals surface area contributed by atoms with Crippen LogP contribution in [0.5, 0.6) is 0 Å². The van der Waals surface area contributed by atoms with E-state index in [1.54, 1.807) is 0 Å². The highest BCUT2D eigenvalue weighted by Gasteiger charge is 2.13. The molecule has 1 aliphatic heterocycles. The number of nitrogens with one attached hydrogen (secondary N) is 1. The average Bonchev–Trinajstić information content (AvgIpc) is 2.71. The first-order chi connectivity index (χ1) is 7.34. The molecule has 82 valence electrons. The van der Waals surface area contributed by atoms with Gasteiger partial charge < -0.3 is 10.1 Å². The van der Waals surface area contributed by atoms with Crippen LogP contribution in [0.2, 0.25) is 5.02 Å². The lowest BCUT2D eigenvalue weighted by molar-refractivity contribution is 0.0925. The van der Waals surface area contributed by atoms with Gasteiger partial charge in [-0.3, -0.25) is 0 Å². The lowest BCUT2D eigenvalue weighted by Gasteiger charge is -2.09. The number of benzene rings is 1. The van der Waals surface area contributed by atoms with Gasteiger partial charge >= 0.3 is 0 Å². The maximum absolute atomic E-state index is 5.89. The second-order valence-corrected chi connectivity index (χ2v) is 4.44. The van der Waals surface area contributed by atoms with Crippen LogP contribution in [0.3, 0.4) is 0 Å². The van der Waals surface area contributed by atoms with Gasteiger partial charge in [-0.15, -0.1) is 0 Å². The Morgan fingerprint density at radius 1 is 1.47 bits per heavy atom. The van der Waals surface area contributed by atoms with E-state index in [1.807, 2.05) is 24.3 Å². The molecule has 0 bridgehead atoms. The highest BCUT2D eigenvalue weighted by molar-refractivity contribution is 6.30. The van der Waals surface area contributed by atoms with Crippen LogP contribution in [-0.2, 0) is 11.3 Å². The lowest BCUT2D eigenvalue weighted by atomic mass is 10.1. The predicted molar refractivity (Wildman–Crippen MR) is 62.1 cm³/mol. The van der Waals surface area contributed by atoms with Gasteiger partial charge in [0.05, 0.1) is 13.2 Å². The maximum atomic E-state index is 5.89. The molecule has 0 spiro atoms. The van der Waals surface area contributed by atoms with E-state index < -0.39 is 0 Å². The smallest absolute Gasteiger partial charge is 0.0717 e. The quantitative estimate of drug-likeness (QED) is 0.850. The summed E-state index contributed by atoms with van der Waals surface area (Å²) in [5.41, 5.74) is 1.15. The van der Waals surface area contributed by atoms with Crippen molar-refractivity contribution in [3.8, 4) is 0 Å². The first-order valence-electron chi connectivity index (χ1n) is 5.37. The van der Waals surface area contributed by atoms with Crippen LogP contribution in [0.15, 0.2) is 24.3 Å². The molecule has 15 heavy (non-hydrogen) atoms. The van der Waals surface area contributed by atoms with E-state index in [9.17, 15) is 0 Å². The zero-order valence-electron chi connectivity index (χ0n) is 8.71. The number of hydrogen-bond donors (Lipinski definition) is 1. The molecule has 0 aromatic heterocycles. The largest absolute Gasteiger partial charge is 0.376 e. The van der Waals surface area contributed by atoms with Gasteiger partial charge in [-0.25, -0.2) is 0 Å². The van der Waals surface area contributed by atoms with E-state index in [0.29, 0.717) is 12.5 Å². The van der Waals surface area contributed by atoms with Crippen molar-refractivity contribution in [3.63, 3.8) is 0 Å². The minimum atomic E-state index is 0.664. The molecule has 1 saturated heterocycles. The fourth-order valence-electron chi connectivity index (χ4n) is 1.83. The molecule has 0 radical (unpaired) electrons. The molecule has 1 atom stereocenters. The minimum absolute atomic E-state index is 0.664. The first kappa shape index (κ1) is 10.9. The number of hydrogen-bond acceptors (Lipinski definition) is 2. The normalized spacial score (nSPS) is 20.7. The van der Waals surface area contributed by atoms with Crippen LogP contribution >= 0.6 is 11.6 Å². The minimum Gasteiger partial charge on any atom is -0.376 e. The van der Waals surface area contributed by atoms with Gasteiger partial charge in [-0.1, -0.05) is 23.7 Å². The Bertz CT molecular complexity index is 310. The molecule has 1 aromatic rings. The Labute approximate surface area is 95.6 Å². The second kappa shape index (κ2) is 5.50. The Hall–Kier alpha value is -0.570. The molecule has 2 rings (SSSR count). The molecule has 1 aliphatic rings. The summed E-state index contributed by atoms with van der Waals surface area (Å²) in [6.07, 6.45) is 1.23. The maximum Gasteiger partial charge on any atom is 0.0717 e. The van der Waals surface area contributed by atoms with Gasteiger partial charge in [0.25, 0.3) is 0 Å². The Kier molecular flexibility index (Phi) is 4.01. The van der Waals surface area contributed by atoms with Crippen molar-refractivity contribution < 1.29 is 4.74 Å². The van der Waals surface area contributed by atoms with Crippen molar-refractivity contribution in [2.75, 3.05) is 19.7 Å². The Morgan fingerprint density at radius 3 is 3.13 bits per heavy atom. The van der Waals surface area contributed by atoms with E-state index >= 15 is 0 Å². The molecular weight excluding hydrogens is 210 g/mol. The summed E-state index contributed by atoms with van der Waals surface area (Å²) in [7, 11) is 0. The number of halogens is 1. The van der Waals surface area contributed by atoms with E-state index in [-0.39, 0.29) is 0 Å². The summed E-state index contributed by atoms with van der Waals surface area (Å²) < 4.78 is 5.66. The third-order valence-corrected chi connectivity index (χ3v) is 2.91. The van der Waals surface area contributed by atoms with Crippen LogP contribution in [0.1, 0.15) is 12.0 Å². The van der Waals surface area contributed by atoms with Crippen LogP contribution in [0.4, 0.5) is 0 Å².